The summed E-state index contributed by atoms with van der Waals surface area (Å²) in [5.41, 5.74) is -0.827. The van der Waals surface area contributed by atoms with Crippen LogP contribution >= 0.6 is 0 Å². The number of rotatable bonds is 7. The van der Waals surface area contributed by atoms with Crippen LogP contribution in [-0.4, -0.2) is 40.2 Å². The molecule has 1 amide bonds. The van der Waals surface area contributed by atoms with Crippen LogP contribution in [-0.2, 0) is 4.74 Å². The lowest BCUT2D eigenvalue weighted by Crippen LogP contribution is -2.51. The monoisotopic (exact) mass is 355 g/mol. The van der Waals surface area contributed by atoms with Crippen molar-refractivity contribution in [2.24, 2.45) is 11.8 Å². The van der Waals surface area contributed by atoms with Crippen LogP contribution in [0.25, 0.3) is 0 Å². The first-order valence-electron chi connectivity index (χ1n) is 11.9. The summed E-state index contributed by atoms with van der Waals surface area (Å²) in [7, 11) is 0. The minimum Gasteiger partial charge on any atom is -0.444 e. The van der Waals surface area contributed by atoms with E-state index >= 15 is 0 Å². The van der Waals surface area contributed by atoms with Crippen LogP contribution in [0.3, 0.4) is 0 Å². The fourth-order valence-electron chi connectivity index (χ4n) is 2.47. The van der Waals surface area contributed by atoms with E-state index in [4.69, 9.17) is 13.0 Å². The van der Waals surface area contributed by atoms with Crippen LogP contribution in [0.4, 0.5) is 4.79 Å². The van der Waals surface area contributed by atoms with Gasteiger partial charge in [-0.15, -0.1) is 0 Å². The number of carbonyl (C=O) groups is 1. The summed E-state index contributed by atoms with van der Waals surface area (Å²) in [4.78, 5) is 12.3. The molecule has 1 aliphatic carbocycles. The Bertz CT molecular complexity index is 560. The molecule has 0 spiro atoms. The number of aliphatic hydroxyl groups is 2. The Morgan fingerprint density at radius 3 is 2.38 bits per heavy atom. The van der Waals surface area contributed by atoms with Gasteiger partial charge in [0.05, 0.1) is 12.1 Å². The van der Waals surface area contributed by atoms with Gasteiger partial charge in [0.2, 0.25) is 0 Å². The first kappa shape index (κ1) is 13.4. The highest BCUT2D eigenvalue weighted by Crippen LogP contribution is 2.29. The second-order valence-electron chi connectivity index (χ2n) is 7.63. The van der Waals surface area contributed by atoms with Crippen molar-refractivity contribution in [1.29, 1.82) is 0 Å². The summed E-state index contributed by atoms with van der Waals surface area (Å²) in [6.45, 7) is 8.66. The van der Waals surface area contributed by atoms with Crippen molar-refractivity contribution in [2.75, 3.05) is 0 Å². The van der Waals surface area contributed by atoms with Crippen molar-refractivity contribution in [1.82, 2.24) is 5.32 Å². The maximum Gasteiger partial charge on any atom is 0.407 e. The molecule has 0 aromatic carbocycles. The fourth-order valence-corrected chi connectivity index (χ4v) is 2.47. The number of nitrogens with one attached hydrogen (secondary N) is 1. The molecule has 3 N–H and O–H groups in total. The molecule has 4 unspecified atom stereocenters. The van der Waals surface area contributed by atoms with E-state index in [0.717, 1.165) is 0 Å². The maximum atomic E-state index is 12.3. The van der Waals surface area contributed by atoms with Crippen LogP contribution < -0.4 is 5.32 Å². The van der Waals surface area contributed by atoms with Gasteiger partial charge in [-0.3, -0.25) is 0 Å². The Labute approximate surface area is 155 Å². The SMILES string of the molecule is [3H]C1C([3H])C([3H])C([3H])(C[C@H](NC(=O)OC(C)(C)C)[C@@H](O)[C@@H](O)CC(C)C)C([3H])C1[3H]. The van der Waals surface area contributed by atoms with Gasteiger partial charge in [-0.1, -0.05) is 45.8 Å². The predicted octanol–water partition coefficient (Wildman–Crippen LogP) is 3.62. The summed E-state index contributed by atoms with van der Waals surface area (Å²) in [5, 5.41) is 23.6. The molecule has 5 nitrogen and oxygen atoms in total. The smallest absolute Gasteiger partial charge is 0.407 e. The molecule has 7 atom stereocenters. The van der Waals surface area contributed by atoms with E-state index < -0.39 is 74.2 Å². The molecule has 1 saturated carbocycles. The van der Waals surface area contributed by atoms with Crippen molar-refractivity contribution >= 4 is 6.09 Å². The largest absolute Gasteiger partial charge is 0.444 e. The molecule has 0 saturated heterocycles. The Balaban J connectivity index is 3.18. The Morgan fingerprint density at radius 1 is 1.29 bits per heavy atom. The summed E-state index contributed by atoms with van der Waals surface area (Å²) < 4.78 is 54.4. The van der Waals surface area contributed by atoms with E-state index in [0.29, 0.717) is 0 Å². The van der Waals surface area contributed by atoms with E-state index in [1.807, 2.05) is 13.8 Å². The van der Waals surface area contributed by atoms with Crippen molar-refractivity contribution in [2.45, 2.75) is 103 Å². The van der Waals surface area contributed by atoms with E-state index in [-0.39, 0.29) is 12.3 Å². The van der Waals surface area contributed by atoms with Gasteiger partial charge in [0.25, 0.3) is 0 Å². The first-order valence-corrected chi connectivity index (χ1v) is 8.48. The first-order chi connectivity index (χ1) is 13.5. The highest BCUT2D eigenvalue weighted by Gasteiger charge is 2.32. The predicted molar refractivity (Wildman–Crippen MR) is 95.8 cm³/mol. The van der Waals surface area contributed by atoms with Crippen molar-refractivity contribution in [3.05, 3.63) is 0 Å². The summed E-state index contributed by atoms with van der Waals surface area (Å²) in [6.07, 6.45) is -10.8. The molecule has 0 aromatic heterocycles. The zero-order valence-corrected chi connectivity index (χ0v) is 15.3. The average molecular weight is 356 g/mol. The molecule has 5 heteroatoms. The minimum absolute atomic E-state index is 0.0450. The molecule has 142 valence electrons. The molecule has 0 bridgehead atoms. The maximum absolute atomic E-state index is 12.3. The number of aliphatic hydroxyl groups excluding tert-OH is 2. The second-order valence-corrected chi connectivity index (χ2v) is 7.63. The van der Waals surface area contributed by atoms with Gasteiger partial charge in [-0.2, -0.15) is 0 Å². The molecule has 24 heavy (non-hydrogen) atoms. The summed E-state index contributed by atoms with van der Waals surface area (Å²) in [5.74, 6) is -1.95. The molecule has 1 rings (SSSR count). The summed E-state index contributed by atoms with van der Waals surface area (Å²) in [6, 6.07) is -1.23. The molecule has 1 fully saturated rings. The van der Waals surface area contributed by atoms with Crippen molar-refractivity contribution < 1.29 is 28.0 Å². The molecule has 0 aliphatic heterocycles. The zero-order valence-electron chi connectivity index (χ0n) is 21.3. The molecule has 1 aliphatic rings. The summed E-state index contributed by atoms with van der Waals surface area (Å²) >= 11 is 0. The van der Waals surface area contributed by atoms with Crippen LogP contribution in [0.15, 0.2) is 0 Å². The zero-order chi connectivity index (χ0) is 23.6. The molecule has 0 aromatic rings. The van der Waals surface area contributed by atoms with Gasteiger partial charge in [-0.05, 0) is 45.4 Å². The van der Waals surface area contributed by atoms with Gasteiger partial charge in [0.1, 0.15) is 11.7 Å². The Kier molecular flexibility index (Phi) is 5.37. The number of carbonyl (C=O) groups excluding carboxylic acids is 1. The number of hydrogen-bond donors (Lipinski definition) is 3. The highest BCUT2D eigenvalue weighted by atomic mass is 16.6. The lowest BCUT2D eigenvalue weighted by atomic mass is 9.82. The Hall–Kier alpha value is -0.810. The van der Waals surface area contributed by atoms with E-state index in [1.165, 1.54) is 0 Å². The number of ether oxygens (including phenoxy) is 1. The highest BCUT2D eigenvalue weighted by molar-refractivity contribution is 5.68. The van der Waals surface area contributed by atoms with Gasteiger partial charge in [0.15, 0.2) is 0 Å². The lowest BCUT2D eigenvalue weighted by Gasteiger charge is -2.33. The molecule has 0 radical (unpaired) electrons. The van der Waals surface area contributed by atoms with Crippen molar-refractivity contribution in [3.63, 3.8) is 0 Å². The van der Waals surface area contributed by atoms with Crippen LogP contribution in [0.1, 0.15) is 87.7 Å². The number of alkyl carbamates (subject to hydrolysis) is 1. The average Bonchev–Trinajstić information content (AvgIpc) is 2.60. The molecule has 0 heterocycles. The normalized spacial score (nSPS) is 44.8. The van der Waals surface area contributed by atoms with Gasteiger partial charge < -0.3 is 20.3 Å². The van der Waals surface area contributed by atoms with Gasteiger partial charge >= 0.3 is 6.09 Å². The second kappa shape index (κ2) is 9.62. The van der Waals surface area contributed by atoms with Crippen LogP contribution in [0, 0.1) is 11.8 Å². The third-order valence-electron chi connectivity index (χ3n) is 3.52. The lowest BCUT2D eigenvalue weighted by molar-refractivity contribution is -0.0232. The van der Waals surface area contributed by atoms with Gasteiger partial charge in [-0.25, -0.2) is 4.79 Å². The fraction of sp³-hybridized carbons (Fsp3) is 0.947. The topological polar surface area (TPSA) is 78.8 Å². The van der Waals surface area contributed by atoms with E-state index in [9.17, 15) is 15.0 Å². The van der Waals surface area contributed by atoms with E-state index in [1.54, 1.807) is 20.8 Å². The number of hydrogen-bond acceptors (Lipinski definition) is 4. The van der Waals surface area contributed by atoms with E-state index in [2.05, 4.69) is 5.32 Å². The molecular weight excluding hydrogens is 306 g/mol. The molecular formula is C19H37NO4. The van der Waals surface area contributed by atoms with Crippen LogP contribution in [0.5, 0.6) is 0 Å². The third-order valence-corrected chi connectivity index (χ3v) is 3.52. The quantitative estimate of drug-likeness (QED) is 0.652. The van der Waals surface area contributed by atoms with Gasteiger partial charge in [0, 0.05) is 8.22 Å². The minimum atomic E-state index is -1.99. The van der Waals surface area contributed by atoms with Crippen molar-refractivity contribution in [3.8, 4) is 0 Å². The Morgan fingerprint density at radius 2 is 1.88 bits per heavy atom. The van der Waals surface area contributed by atoms with Crippen LogP contribution in [0.2, 0.25) is 0 Å². The number of amides is 1. The third kappa shape index (κ3) is 8.34. The standard InChI is InChI=1S/C19H37NO4/c1-13(2)11-16(21)17(22)15(12-14-9-7-6-8-10-14)20-18(23)24-19(3,4)5/h13-17,21-22H,6-12H2,1-5H3,(H,20,23)/t15-,16-,17+/m0/s1/i6T,7T,8T,9T,10T,14T/t6?,7?,8?,9?,10?,14?,15-,16-,17+.